The van der Waals surface area contributed by atoms with E-state index in [1.807, 2.05) is 0 Å². The number of rotatable bonds is 14. The first kappa shape index (κ1) is 31.6. The number of halogens is 2. The van der Waals surface area contributed by atoms with Gasteiger partial charge in [0.2, 0.25) is 11.8 Å². The molecule has 0 atom stereocenters. The van der Waals surface area contributed by atoms with Crippen LogP contribution in [0.3, 0.4) is 0 Å². The van der Waals surface area contributed by atoms with Gasteiger partial charge in [0.25, 0.3) is 0 Å². The fourth-order valence-electron chi connectivity index (χ4n) is 3.92. The molecule has 0 aliphatic rings. The van der Waals surface area contributed by atoms with Gasteiger partial charge < -0.3 is 26.0 Å². The Kier molecular flexibility index (Phi) is 10.8. The Balaban J connectivity index is 1.32. The number of ether oxygens (including phenoxy) is 1. The molecule has 2 amide bonds. The Bertz CT molecular complexity index is 1720. The van der Waals surface area contributed by atoms with Crippen molar-refractivity contribution in [1.29, 1.82) is 0 Å². The first-order valence-electron chi connectivity index (χ1n) is 13.2. The van der Waals surface area contributed by atoms with Gasteiger partial charge in [0.15, 0.2) is 0 Å². The zero-order chi connectivity index (χ0) is 30.8. The van der Waals surface area contributed by atoms with Crippen LogP contribution in [0.2, 0.25) is 5.02 Å². The summed E-state index contributed by atoms with van der Waals surface area (Å²) in [6.07, 6.45) is 2.58. The van der Waals surface area contributed by atoms with Gasteiger partial charge in [0.1, 0.15) is 40.2 Å². The third-order valence-corrected chi connectivity index (χ3v) is 7.25. The second kappa shape index (κ2) is 14.7. The Labute approximate surface area is 253 Å². The molecule has 0 spiro atoms. The molecule has 0 unspecified atom stereocenters. The number of hydrogen-bond donors (Lipinski definition) is 4. The minimum absolute atomic E-state index is 0.0373. The topological polar surface area (TPSA) is 151 Å². The zero-order valence-electron chi connectivity index (χ0n) is 23.2. The molecule has 4 N–H and O–H groups in total. The molecule has 226 valence electrons. The second-order valence-corrected chi connectivity index (χ2v) is 12.3. The van der Waals surface area contributed by atoms with E-state index in [1.165, 1.54) is 18.5 Å². The lowest BCUT2D eigenvalue weighted by atomic mass is 10.2. The summed E-state index contributed by atoms with van der Waals surface area (Å²) in [6, 6.07) is 16.5. The summed E-state index contributed by atoms with van der Waals surface area (Å²) in [7, 11) is -3.10. The lowest BCUT2D eigenvalue weighted by Crippen LogP contribution is -2.37. The van der Waals surface area contributed by atoms with Crippen molar-refractivity contribution in [2.24, 2.45) is 0 Å². The highest BCUT2D eigenvalue weighted by Gasteiger charge is 2.11. The monoisotopic (exact) mass is 628 g/mol. The van der Waals surface area contributed by atoms with Crippen LogP contribution in [0.5, 0.6) is 5.75 Å². The Morgan fingerprint density at radius 3 is 2.56 bits per heavy atom. The molecule has 1 heterocycles. The number of amides is 2. The lowest BCUT2D eigenvalue weighted by Gasteiger charge is -2.13. The van der Waals surface area contributed by atoms with Crippen molar-refractivity contribution < 1.29 is 27.1 Å². The number of nitrogens with one attached hydrogen (secondary N) is 4. The quantitative estimate of drug-likeness (QED) is 0.153. The van der Waals surface area contributed by atoms with E-state index in [1.54, 1.807) is 48.5 Å². The molecule has 4 aromatic rings. The van der Waals surface area contributed by atoms with Crippen LogP contribution in [-0.2, 0) is 26.0 Å². The van der Waals surface area contributed by atoms with Crippen molar-refractivity contribution in [3.63, 3.8) is 0 Å². The fourth-order valence-corrected chi connectivity index (χ4v) is 4.67. The van der Waals surface area contributed by atoms with Crippen molar-refractivity contribution in [3.8, 4) is 5.75 Å². The molecular weight excluding hydrogens is 599 g/mol. The molecule has 1 aromatic heterocycles. The summed E-state index contributed by atoms with van der Waals surface area (Å²) >= 11 is 6.43. The minimum atomic E-state index is -3.10. The Hall–Kier alpha value is -4.33. The number of sulfone groups is 1. The number of benzene rings is 3. The summed E-state index contributed by atoms with van der Waals surface area (Å²) in [5.74, 6) is -0.131. The van der Waals surface area contributed by atoms with Gasteiger partial charge in [0.05, 0.1) is 22.8 Å². The highest BCUT2D eigenvalue weighted by molar-refractivity contribution is 7.90. The number of carbonyl (C=O) groups excluding carboxylic acids is 2. The van der Waals surface area contributed by atoms with E-state index in [0.29, 0.717) is 44.4 Å². The highest BCUT2D eigenvalue weighted by atomic mass is 35.5. The van der Waals surface area contributed by atoms with E-state index in [0.717, 1.165) is 6.26 Å². The van der Waals surface area contributed by atoms with Crippen molar-refractivity contribution in [1.82, 2.24) is 20.6 Å². The third-order valence-electron chi connectivity index (χ3n) is 6.01. The largest absolute Gasteiger partial charge is 0.487 e. The standard InChI is InChI=1S/C29H30ClFN6O5S/c1-43(40,41)12-11-32-16-28(39)33-10-9-27(38)36-21-5-7-25-23(14-21)29(35-18-34-25)37-22-6-8-26(24(30)15-22)42-17-19-3-2-4-20(31)13-19/h2-8,13-15,18,32H,9-12,16-17H2,1H3,(H,33,39)(H,36,38)(H,34,35,37). The van der Waals surface area contributed by atoms with Crippen molar-refractivity contribution >= 4 is 61.3 Å². The van der Waals surface area contributed by atoms with Gasteiger partial charge in [-0.25, -0.2) is 22.8 Å². The Morgan fingerprint density at radius 2 is 1.79 bits per heavy atom. The summed E-state index contributed by atoms with van der Waals surface area (Å²) in [4.78, 5) is 33.0. The van der Waals surface area contributed by atoms with Crippen molar-refractivity contribution in [2.45, 2.75) is 13.0 Å². The van der Waals surface area contributed by atoms with Crippen LogP contribution in [0.15, 0.2) is 67.0 Å². The van der Waals surface area contributed by atoms with Crippen LogP contribution in [-0.4, -0.2) is 61.8 Å². The molecule has 4 rings (SSSR count). The number of fused-ring (bicyclic) bond motifs is 1. The summed E-state index contributed by atoms with van der Waals surface area (Å²) in [5, 5.41) is 12.4. The van der Waals surface area contributed by atoms with Gasteiger partial charge in [-0.15, -0.1) is 0 Å². The van der Waals surface area contributed by atoms with E-state index >= 15 is 0 Å². The molecule has 43 heavy (non-hydrogen) atoms. The number of hydrogen-bond acceptors (Lipinski definition) is 9. The predicted molar refractivity (Wildman–Crippen MR) is 164 cm³/mol. The van der Waals surface area contributed by atoms with E-state index in [9.17, 15) is 22.4 Å². The van der Waals surface area contributed by atoms with Crippen molar-refractivity contribution in [3.05, 3.63) is 83.4 Å². The SMILES string of the molecule is CS(=O)(=O)CCNCC(=O)NCCC(=O)Nc1ccc2ncnc(Nc3ccc(OCc4cccc(F)c4)c(Cl)c3)c2c1. The number of anilines is 3. The smallest absolute Gasteiger partial charge is 0.233 e. The summed E-state index contributed by atoms with van der Waals surface area (Å²) in [5.41, 5.74) is 2.48. The molecule has 11 nitrogen and oxygen atoms in total. The van der Waals surface area contributed by atoms with Gasteiger partial charge in [0, 0.05) is 42.5 Å². The van der Waals surface area contributed by atoms with Crippen LogP contribution >= 0.6 is 11.6 Å². The first-order chi connectivity index (χ1) is 20.6. The van der Waals surface area contributed by atoms with E-state index in [-0.39, 0.29) is 56.0 Å². The number of nitrogens with zero attached hydrogens (tertiary/aromatic N) is 2. The van der Waals surface area contributed by atoms with Gasteiger partial charge >= 0.3 is 0 Å². The van der Waals surface area contributed by atoms with Crippen LogP contribution in [0.4, 0.5) is 21.6 Å². The third kappa shape index (κ3) is 10.2. The van der Waals surface area contributed by atoms with E-state index in [2.05, 4.69) is 31.2 Å². The van der Waals surface area contributed by atoms with Crippen molar-refractivity contribution in [2.75, 3.05) is 42.3 Å². The van der Waals surface area contributed by atoms with Gasteiger partial charge in [-0.05, 0) is 54.1 Å². The van der Waals surface area contributed by atoms with Gasteiger partial charge in [-0.2, -0.15) is 0 Å². The Morgan fingerprint density at radius 1 is 0.977 bits per heavy atom. The summed E-state index contributed by atoms with van der Waals surface area (Å²) in [6.45, 7) is 0.393. The first-order valence-corrected chi connectivity index (χ1v) is 15.6. The molecule has 0 bridgehead atoms. The van der Waals surface area contributed by atoms with Gasteiger partial charge in [-0.1, -0.05) is 23.7 Å². The molecule has 0 aliphatic heterocycles. The number of aromatic nitrogens is 2. The minimum Gasteiger partial charge on any atom is -0.487 e. The van der Waals surface area contributed by atoms with E-state index in [4.69, 9.17) is 16.3 Å². The molecule has 0 fully saturated rings. The molecular formula is C29H30ClFN6O5S. The van der Waals surface area contributed by atoms with Crippen LogP contribution < -0.4 is 26.0 Å². The maximum absolute atomic E-state index is 13.4. The van der Waals surface area contributed by atoms with Crippen LogP contribution in [0, 0.1) is 5.82 Å². The highest BCUT2D eigenvalue weighted by Crippen LogP contribution is 2.31. The second-order valence-electron chi connectivity index (χ2n) is 9.60. The van der Waals surface area contributed by atoms with Crippen LogP contribution in [0.25, 0.3) is 10.9 Å². The van der Waals surface area contributed by atoms with Gasteiger partial charge in [-0.3, -0.25) is 9.59 Å². The average Bonchev–Trinajstić information content (AvgIpc) is 2.95. The molecule has 0 saturated carbocycles. The maximum Gasteiger partial charge on any atom is 0.233 e. The number of carbonyl (C=O) groups is 2. The molecule has 14 heteroatoms. The zero-order valence-corrected chi connectivity index (χ0v) is 24.8. The molecule has 0 aliphatic carbocycles. The lowest BCUT2D eigenvalue weighted by molar-refractivity contribution is -0.120. The van der Waals surface area contributed by atoms with E-state index < -0.39 is 9.84 Å². The molecule has 0 saturated heterocycles. The summed E-state index contributed by atoms with van der Waals surface area (Å²) < 4.78 is 41.4. The normalized spacial score (nSPS) is 11.2. The predicted octanol–water partition coefficient (Wildman–Crippen LogP) is 3.82. The average molecular weight is 629 g/mol. The maximum atomic E-state index is 13.4. The molecule has 3 aromatic carbocycles. The molecule has 0 radical (unpaired) electrons. The van der Waals surface area contributed by atoms with Crippen LogP contribution in [0.1, 0.15) is 12.0 Å². The fraction of sp³-hybridized carbons (Fsp3) is 0.241.